The molecule has 4 aliphatic rings. The van der Waals surface area contributed by atoms with Gasteiger partial charge in [-0.3, -0.25) is 13.9 Å². The minimum Gasteiger partial charge on any atom is -0.481 e. The van der Waals surface area contributed by atoms with E-state index in [0.717, 1.165) is 32.1 Å². The topological polar surface area (TPSA) is 164 Å². The number of hydrogen-bond acceptors (Lipinski definition) is 7. The Hall–Kier alpha value is -0.790. The highest BCUT2D eigenvalue weighted by atomic mass is 32.3. The summed E-state index contributed by atoms with van der Waals surface area (Å²) < 4.78 is 75.2. The van der Waals surface area contributed by atoms with E-state index < -0.39 is 39.0 Å². The minimum absolute atomic E-state index is 0.0467. The van der Waals surface area contributed by atoms with Crippen molar-refractivity contribution in [2.24, 2.45) is 40.4 Å². The fourth-order valence-corrected chi connectivity index (χ4v) is 9.79. The van der Waals surface area contributed by atoms with Crippen LogP contribution in [0.4, 0.5) is 0 Å². The molecule has 35 heavy (non-hydrogen) atoms. The van der Waals surface area contributed by atoms with Gasteiger partial charge in [0.2, 0.25) is 0 Å². The lowest BCUT2D eigenvalue weighted by molar-refractivity contribution is -0.165. The zero-order valence-corrected chi connectivity index (χ0v) is 22.0. The van der Waals surface area contributed by atoms with Crippen molar-refractivity contribution in [3.63, 3.8) is 0 Å². The van der Waals surface area contributed by atoms with Gasteiger partial charge in [-0.05, 0) is 105 Å². The quantitative estimate of drug-likeness (QED) is 0.386. The molecule has 3 N–H and O–H groups in total. The summed E-state index contributed by atoms with van der Waals surface area (Å²) in [4.78, 5) is 11.0. The van der Waals surface area contributed by atoms with Crippen LogP contribution in [0.1, 0.15) is 84.5 Å². The van der Waals surface area contributed by atoms with Crippen LogP contribution in [0, 0.1) is 40.4 Å². The molecule has 4 aliphatic carbocycles. The molecule has 9 atom stereocenters. The molecule has 0 amide bonds. The highest BCUT2D eigenvalue weighted by Crippen LogP contribution is 2.68. The van der Waals surface area contributed by atoms with Crippen LogP contribution in [0.25, 0.3) is 0 Å². The van der Waals surface area contributed by atoms with E-state index in [2.05, 4.69) is 13.8 Å². The molecule has 0 spiro atoms. The van der Waals surface area contributed by atoms with Crippen LogP contribution in [-0.2, 0) is 34.0 Å². The van der Waals surface area contributed by atoms with Crippen molar-refractivity contribution in [2.45, 2.75) is 96.7 Å². The largest absolute Gasteiger partial charge is 0.481 e. The molecule has 0 aromatic heterocycles. The number of carbonyl (C=O) groups is 1. The molecule has 4 fully saturated rings. The van der Waals surface area contributed by atoms with E-state index >= 15 is 0 Å². The van der Waals surface area contributed by atoms with Gasteiger partial charge in [-0.25, -0.2) is 8.37 Å². The fraction of sp³-hybridized carbons (Fsp3) is 0.957. The smallest absolute Gasteiger partial charge is 0.397 e. The van der Waals surface area contributed by atoms with Crippen LogP contribution in [0.3, 0.4) is 0 Å². The van der Waals surface area contributed by atoms with Crippen LogP contribution in [0.15, 0.2) is 0 Å². The van der Waals surface area contributed by atoms with Crippen molar-refractivity contribution in [3.05, 3.63) is 0 Å². The van der Waals surface area contributed by atoms with Crippen molar-refractivity contribution in [1.82, 2.24) is 0 Å². The molecule has 12 heteroatoms. The second kappa shape index (κ2) is 9.50. The lowest BCUT2D eigenvalue weighted by Gasteiger charge is -2.62. The van der Waals surface area contributed by atoms with E-state index in [1.54, 1.807) is 0 Å². The van der Waals surface area contributed by atoms with Gasteiger partial charge in [0.15, 0.2) is 0 Å². The van der Waals surface area contributed by atoms with E-state index in [9.17, 15) is 26.2 Å². The summed E-state index contributed by atoms with van der Waals surface area (Å²) in [6.07, 6.45) is 5.81. The lowest BCUT2D eigenvalue weighted by Crippen LogP contribution is -2.59. The van der Waals surface area contributed by atoms with Gasteiger partial charge >= 0.3 is 26.8 Å². The zero-order chi connectivity index (χ0) is 25.8. The molecule has 0 saturated heterocycles. The molecular weight excluding hydrogens is 500 g/mol. The molecule has 9 unspecified atom stereocenters. The Balaban J connectivity index is 1.60. The maximum atomic E-state index is 11.8. The van der Waals surface area contributed by atoms with Crippen LogP contribution in [0.2, 0.25) is 0 Å². The van der Waals surface area contributed by atoms with Gasteiger partial charge in [0.25, 0.3) is 0 Å². The molecule has 202 valence electrons. The Morgan fingerprint density at radius 3 is 2.14 bits per heavy atom. The van der Waals surface area contributed by atoms with Gasteiger partial charge in [-0.15, -0.1) is 0 Å². The molecule has 0 aliphatic heterocycles. The van der Waals surface area contributed by atoms with Crippen molar-refractivity contribution >= 4 is 26.8 Å². The van der Waals surface area contributed by atoms with E-state index in [0.29, 0.717) is 38.0 Å². The summed E-state index contributed by atoms with van der Waals surface area (Å²) in [6.45, 7) is 4.45. The van der Waals surface area contributed by atoms with Crippen LogP contribution in [0.5, 0.6) is 0 Å². The number of carboxylic acids is 1. The monoisotopic (exact) mass is 538 g/mol. The van der Waals surface area contributed by atoms with Gasteiger partial charge in [0, 0.05) is 6.42 Å². The lowest BCUT2D eigenvalue weighted by atomic mass is 9.44. The van der Waals surface area contributed by atoms with E-state index in [1.807, 2.05) is 0 Å². The number of aliphatic carboxylic acids is 1. The van der Waals surface area contributed by atoms with Crippen LogP contribution >= 0.6 is 0 Å². The van der Waals surface area contributed by atoms with Gasteiger partial charge < -0.3 is 5.11 Å². The second-order valence-corrected chi connectivity index (χ2v) is 13.9. The molecule has 10 nitrogen and oxygen atoms in total. The molecular formula is C23H38O10S2. The molecule has 0 radical (unpaired) electrons. The highest BCUT2D eigenvalue weighted by molar-refractivity contribution is 7.81. The van der Waals surface area contributed by atoms with Crippen molar-refractivity contribution in [3.8, 4) is 0 Å². The first-order chi connectivity index (χ1) is 16.1. The van der Waals surface area contributed by atoms with E-state index in [4.69, 9.17) is 18.0 Å². The minimum atomic E-state index is -4.69. The summed E-state index contributed by atoms with van der Waals surface area (Å²) in [5.74, 6) is -0.227. The predicted octanol–water partition coefficient (Wildman–Crippen LogP) is 3.89. The fourth-order valence-electron chi connectivity index (χ4n) is 8.76. The first-order valence-electron chi connectivity index (χ1n) is 12.7. The Labute approximate surface area is 208 Å². The van der Waals surface area contributed by atoms with E-state index in [1.165, 1.54) is 0 Å². The Kier molecular flexibility index (Phi) is 7.40. The maximum Gasteiger partial charge on any atom is 0.397 e. The summed E-state index contributed by atoms with van der Waals surface area (Å²) in [6, 6.07) is 0. The van der Waals surface area contributed by atoms with Gasteiger partial charge in [0.1, 0.15) is 0 Å². The summed E-state index contributed by atoms with van der Waals surface area (Å²) >= 11 is 0. The first-order valence-corrected chi connectivity index (χ1v) is 15.4. The van der Waals surface area contributed by atoms with Crippen LogP contribution < -0.4 is 0 Å². The normalized spacial score (nSPS) is 43.7. The Morgan fingerprint density at radius 2 is 1.51 bits per heavy atom. The van der Waals surface area contributed by atoms with Crippen LogP contribution in [-0.4, -0.2) is 49.2 Å². The molecule has 0 aromatic rings. The van der Waals surface area contributed by atoms with Gasteiger partial charge in [-0.1, -0.05) is 13.8 Å². The standard InChI is InChI=1S/C23H38O10S2/c1-22-11-9-18-21(17(22)7-6-14(22)4-3-5-20(24)25)19(33-35(29,30)31)13-15-12-16(32-34(26,27)28)8-10-23(15,18)2/h14-19,21H,3-13H2,1-2H3,(H,24,25)(H,26,27,28)(H,29,30,31). The number of hydrogen-bond donors (Lipinski definition) is 3. The average Bonchev–Trinajstić information content (AvgIpc) is 3.03. The van der Waals surface area contributed by atoms with E-state index in [-0.39, 0.29) is 40.9 Å². The third-order valence-electron chi connectivity index (χ3n) is 10.3. The Bertz CT molecular complexity index is 1030. The number of fused-ring (bicyclic) bond motifs is 5. The number of carboxylic acid groups (broad SMARTS) is 1. The SMILES string of the molecule is CC12CCC3C(C(OS(=O)(=O)O)CC4CC(OS(=O)(=O)O)CCC43C)C1CCC2CCCC(=O)O. The average molecular weight is 539 g/mol. The third-order valence-corrected chi connectivity index (χ3v) is 11.3. The van der Waals surface area contributed by atoms with Crippen molar-refractivity contribution < 1.29 is 44.2 Å². The van der Waals surface area contributed by atoms with Crippen molar-refractivity contribution in [1.29, 1.82) is 0 Å². The Morgan fingerprint density at radius 1 is 0.886 bits per heavy atom. The second-order valence-electron chi connectivity index (χ2n) is 11.8. The number of rotatable bonds is 8. The molecule has 0 aromatic carbocycles. The predicted molar refractivity (Wildman–Crippen MR) is 125 cm³/mol. The van der Waals surface area contributed by atoms with Gasteiger partial charge in [0.05, 0.1) is 12.2 Å². The maximum absolute atomic E-state index is 11.8. The molecule has 0 heterocycles. The molecule has 4 saturated carbocycles. The summed E-state index contributed by atoms with van der Waals surface area (Å²) in [5, 5.41) is 9.05. The zero-order valence-electron chi connectivity index (χ0n) is 20.3. The third kappa shape index (κ3) is 5.57. The highest BCUT2D eigenvalue weighted by Gasteiger charge is 2.63. The molecule has 0 bridgehead atoms. The van der Waals surface area contributed by atoms with Crippen molar-refractivity contribution in [2.75, 3.05) is 0 Å². The van der Waals surface area contributed by atoms with Gasteiger partial charge in [-0.2, -0.15) is 16.8 Å². The first kappa shape index (κ1) is 27.3. The summed E-state index contributed by atoms with van der Waals surface area (Å²) in [5.41, 5.74) is -0.208. The molecule has 4 rings (SSSR count). The summed E-state index contributed by atoms with van der Waals surface area (Å²) in [7, 11) is -9.28.